The van der Waals surface area contributed by atoms with Gasteiger partial charge < -0.3 is 15.4 Å². The van der Waals surface area contributed by atoms with Crippen LogP contribution in [-0.2, 0) is 4.79 Å². The van der Waals surface area contributed by atoms with E-state index in [1.807, 2.05) is 30.3 Å². The van der Waals surface area contributed by atoms with E-state index in [-0.39, 0.29) is 11.9 Å². The van der Waals surface area contributed by atoms with E-state index in [1.54, 1.807) is 0 Å². The van der Waals surface area contributed by atoms with Gasteiger partial charge in [0.15, 0.2) is 0 Å². The van der Waals surface area contributed by atoms with Gasteiger partial charge in [0, 0.05) is 18.5 Å². The second-order valence-corrected chi connectivity index (χ2v) is 5.32. The first-order valence-electron chi connectivity index (χ1n) is 7.46. The number of rotatable bonds is 6. The normalized spacial score (nSPS) is 22.2. The fraction of sp³-hybridized carbons (Fsp3) is 0.562. The molecule has 1 aliphatic rings. The highest BCUT2D eigenvalue weighted by atomic mass is 16.5. The van der Waals surface area contributed by atoms with E-state index < -0.39 is 0 Å². The van der Waals surface area contributed by atoms with Gasteiger partial charge in [0.05, 0.1) is 6.61 Å². The fourth-order valence-electron chi connectivity index (χ4n) is 2.46. The molecule has 2 N–H and O–H groups in total. The van der Waals surface area contributed by atoms with Gasteiger partial charge in [0.2, 0.25) is 5.91 Å². The number of ether oxygens (including phenoxy) is 1. The molecule has 0 aliphatic carbocycles. The second-order valence-electron chi connectivity index (χ2n) is 5.32. The van der Waals surface area contributed by atoms with Gasteiger partial charge in [-0.1, -0.05) is 18.2 Å². The number of para-hydroxylation sites is 1. The Kier molecular flexibility index (Phi) is 5.87. The Morgan fingerprint density at radius 2 is 2.20 bits per heavy atom. The van der Waals surface area contributed by atoms with Crippen LogP contribution in [0.1, 0.15) is 32.6 Å². The molecular weight excluding hydrogens is 252 g/mol. The maximum atomic E-state index is 11.9. The van der Waals surface area contributed by atoms with Crippen molar-refractivity contribution in [2.45, 2.75) is 44.7 Å². The van der Waals surface area contributed by atoms with Crippen LogP contribution in [0.4, 0.5) is 0 Å². The van der Waals surface area contributed by atoms with Crippen LogP contribution in [0.2, 0.25) is 0 Å². The zero-order chi connectivity index (χ0) is 14.2. The minimum absolute atomic E-state index is 0.127. The van der Waals surface area contributed by atoms with E-state index >= 15 is 0 Å². The molecule has 1 aromatic carbocycles. The van der Waals surface area contributed by atoms with Crippen molar-refractivity contribution < 1.29 is 9.53 Å². The van der Waals surface area contributed by atoms with Crippen LogP contribution < -0.4 is 15.4 Å². The molecule has 0 radical (unpaired) electrons. The lowest BCUT2D eigenvalue weighted by Crippen LogP contribution is -2.51. The van der Waals surface area contributed by atoms with Crippen molar-refractivity contribution in [3.63, 3.8) is 0 Å². The Bertz CT molecular complexity index is 408. The number of nitrogens with one attached hydrogen (secondary N) is 2. The van der Waals surface area contributed by atoms with Crippen LogP contribution in [-0.4, -0.2) is 31.1 Å². The number of piperidine rings is 1. The molecule has 0 saturated carbocycles. The molecule has 1 saturated heterocycles. The van der Waals surface area contributed by atoms with Gasteiger partial charge in [0.1, 0.15) is 5.75 Å². The third kappa shape index (κ3) is 4.85. The molecule has 1 fully saturated rings. The number of hydrogen-bond donors (Lipinski definition) is 2. The molecule has 1 aliphatic heterocycles. The fourth-order valence-corrected chi connectivity index (χ4v) is 2.46. The van der Waals surface area contributed by atoms with Gasteiger partial charge >= 0.3 is 0 Å². The topological polar surface area (TPSA) is 50.4 Å². The van der Waals surface area contributed by atoms with Crippen LogP contribution >= 0.6 is 0 Å². The highest BCUT2D eigenvalue weighted by Crippen LogP contribution is 2.10. The summed E-state index contributed by atoms with van der Waals surface area (Å²) in [5.74, 6) is 0.986. The lowest BCUT2D eigenvalue weighted by molar-refractivity contribution is -0.122. The van der Waals surface area contributed by atoms with E-state index in [2.05, 4.69) is 17.6 Å². The summed E-state index contributed by atoms with van der Waals surface area (Å²) in [7, 11) is 0. The minimum atomic E-state index is 0.127. The monoisotopic (exact) mass is 276 g/mol. The summed E-state index contributed by atoms with van der Waals surface area (Å²) in [6.45, 7) is 3.76. The van der Waals surface area contributed by atoms with Gasteiger partial charge in [-0.3, -0.25) is 4.79 Å². The standard InChI is InChI=1S/C16H24N2O2/c1-13-15(9-5-11-17-13)18-16(19)10-6-12-20-14-7-3-2-4-8-14/h2-4,7-8,13,15,17H,5-6,9-12H2,1H3,(H,18,19). The van der Waals surface area contributed by atoms with Crippen molar-refractivity contribution in [3.05, 3.63) is 30.3 Å². The van der Waals surface area contributed by atoms with Crippen molar-refractivity contribution in [1.82, 2.24) is 10.6 Å². The van der Waals surface area contributed by atoms with E-state index in [1.165, 1.54) is 0 Å². The molecule has 1 heterocycles. The summed E-state index contributed by atoms with van der Waals surface area (Å²) >= 11 is 0. The van der Waals surface area contributed by atoms with Crippen molar-refractivity contribution in [2.24, 2.45) is 0 Å². The Hall–Kier alpha value is -1.55. The minimum Gasteiger partial charge on any atom is -0.494 e. The first kappa shape index (κ1) is 14.9. The Labute approximate surface area is 120 Å². The molecule has 4 heteroatoms. The smallest absolute Gasteiger partial charge is 0.220 e. The SMILES string of the molecule is CC1NCCCC1NC(=O)CCCOc1ccccc1. The third-order valence-corrected chi connectivity index (χ3v) is 3.67. The number of benzene rings is 1. The molecule has 0 aromatic heterocycles. The molecule has 2 unspecified atom stereocenters. The van der Waals surface area contributed by atoms with Gasteiger partial charge in [0.25, 0.3) is 0 Å². The quantitative estimate of drug-likeness (QED) is 0.782. The summed E-state index contributed by atoms with van der Waals surface area (Å²) < 4.78 is 5.58. The van der Waals surface area contributed by atoms with E-state index in [9.17, 15) is 4.79 Å². The maximum Gasteiger partial charge on any atom is 0.220 e. The Balaban J connectivity index is 1.60. The van der Waals surface area contributed by atoms with Gasteiger partial charge in [-0.05, 0) is 44.9 Å². The van der Waals surface area contributed by atoms with Crippen LogP contribution in [0.25, 0.3) is 0 Å². The molecule has 110 valence electrons. The Morgan fingerprint density at radius 1 is 1.40 bits per heavy atom. The lowest BCUT2D eigenvalue weighted by Gasteiger charge is -2.30. The van der Waals surface area contributed by atoms with Crippen LogP contribution in [0.15, 0.2) is 30.3 Å². The highest BCUT2D eigenvalue weighted by molar-refractivity contribution is 5.76. The number of hydrogen-bond acceptors (Lipinski definition) is 3. The number of carbonyl (C=O) groups excluding carboxylic acids is 1. The number of carbonyl (C=O) groups is 1. The molecule has 1 amide bonds. The van der Waals surface area contributed by atoms with Crippen molar-refractivity contribution in [3.8, 4) is 5.75 Å². The average molecular weight is 276 g/mol. The van der Waals surface area contributed by atoms with Crippen molar-refractivity contribution in [1.29, 1.82) is 0 Å². The predicted molar refractivity (Wildman–Crippen MR) is 79.8 cm³/mol. The van der Waals surface area contributed by atoms with Gasteiger partial charge in [-0.25, -0.2) is 0 Å². The van der Waals surface area contributed by atoms with E-state index in [0.29, 0.717) is 19.1 Å². The zero-order valence-electron chi connectivity index (χ0n) is 12.1. The van der Waals surface area contributed by atoms with Crippen LogP contribution in [0.3, 0.4) is 0 Å². The summed E-state index contributed by atoms with van der Waals surface area (Å²) in [5, 5.41) is 6.50. The molecule has 0 spiro atoms. The molecule has 1 aromatic rings. The summed E-state index contributed by atoms with van der Waals surface area (Å²) in [6.07, 6.45) is 3.47. The second kappa shape index (κ2) is 7.90. The molecule has 2 atom stereocenters. The molecule has 0 bridgehead atoms. The molecule has 2 rings (SSSR count). The molecular formula is C16H24N2O2. The van der Waals surface area contributed by atoms with E-state index in [4.69, 9.17) is 4.74 Å². The summed E-state index contributed by atoms with van der Waals surface area (Å²) in [4.78, 5) is 11.9. The molecule has 20 heavy (non-hydrogen) atoms. The lowest BCUT2D eigenvalue weighted by atomic mass is 10.00. The Morgan fingerprint density at radius 3 is 2.95 bits per heavy atom. The van der Waals surface area contributed by atoms with E-state index in [0.717, 1.165) is 31.6 Å². The third-order valence-electron chi connectivity index (χ3n) is 3.67. The highest BCUT2D eigenvalue weighted by Gasteiger charge is 2.21. The zero-order valence-corrected chi connectivity index (χ0v) is 12.1. The molecule has 4 nitrogen and oxygen atoms in total. The first-order valence-corrected chi connectivity index (χ1v) is 7.46. The van der Waals surface area contributed by atoms with Crippen LogP contribution in [0, 0.1) is 0 Å². The predicted octanol–water partition coefficient (Wildman–Crippen LogP) is 2.10. The largest absolute Gasteiger partial charge is 0.494 e. The first-order chi connectivity index (χ1) is 9.75. The van der Waals surface area contributed by atoms with Gasteiger partial charge in [-0.2, -0.15) is 0 Å². The summed E-state index contributed by atoms with van der Waals surface area (Å²) in [6, 6.07) is 10.3. The maximum absolute atomic E-state index is 11.9. The summed E-state index contributed by atoms with van der Waals surface area (Å²) in [5.41, 5.74) is 0. The van der Waals surface area contributed by atoms with Crippen molar-refractivity contribution >= 4 is 5.91 Å². The van der Waals surface area contributed by atoms with Gasteiger partial charge in [-0.15, -0.1) is 0 Å². The number of amides is 1. The average Bonchev–Trinajstić information content (AvgIpc) is 2.47. The van der Waals surface area contributed by atoms with Crippen molar-refractivity contribution in [2.75, 3.05) is 13.2 Å². The van der Waals surface area contributed by atoms with Crippen LogP contribution in [0.5, 0.6) is 5.75 Å².